The van der Waals surface area contributed by atoms with E-state index in [-0.39, 0.29) is 0 Å². The van der Waals surface area contributed by atoms with Crippen molar-refractivity contribution in [3.8, 4) is 0 Å². The van der Waals surface area contributed by atoms with Gasteiger partial charge in [0.1, 0.15) is 0 Å². The molecule has 0 saturated carbocycles. The first kappa shape index (κ1) is 14.6. The van der Waals surface area contributed by atoms with Gasteiger partial charge >= 0.3 is 6.18 Å². The van der Waals surface area contributed by atoms with Crippen molar-refractivity contribution in [2.75, 3.05) is 0 Å². The van der Waals surface area contributed by atoms with Gasteiger partial charge < -0.3 is 5.73 Å². The van der Waals surface area contributed by atoms with Crippen molar-refractivity contribution < 1.29 is 13.2 Å². The Bertz CT molecular complexity index is 592. The van der Waals surface area contributed by atoms with Crippen LogP contribution in [0.25, 0.3) is 0 Å². The highest BCUT2D eigenvalue weighted by Crippen LogP contribution is 2.34. The summed E-state index contributed by atoms with van der Waals surface area (Å²) in [7, 11) is 0. The average Bonchev–Trinajstić information content (AvgIpc) is 2.73. The van der Waals surface area contributed by atoms with Crippen LogP contribution in [0, 0.1) is 6.92 Å². The monoisotopic (exact) mass is 349 g/mol. The fraction of sp³-hybridized carbons (Fsp3) is 0.231. The van der Waals surface area contributed by atoms with Crippen molar-refractivity contribution >= 4 is 27.3 Å². The van der Waals surface area contributed by atoms with Crippen molar-refractivity contribution in [1.82, 2.24) is 0 Å². The number of benzene rings is 1. The number of hydrogen-bond acceptors (Lipinski definition) is 2. The number of rotatable bonds is 2. The van der Waals surface area contributed by atoms with Gasteiger partial charge in [-0.15, -0.1) is 11.3 Å². The third-order valence-electron chi connectivity index (χ3n) is 2.83. The Morgan fingerprint density at radius 1 is 1.21 bits per heavy atom. The first-order chi connectivity index (χ1) is 8.79. The van der Waals surface area contributed by atoms with Crippen molar-refractivity contribution in [1.29, 1.82) is 0 Å². The van der Waals surface area contributed by atoms with Crippen molar-refractivity contribution in [2.24, 2.45) is 5.73 Å². The minimum Gasteiger partial charge on any atom is -0.320 e. The quantitative estimate of drug-likeness (QED) is 0.820. The van der Waals surface area contributed by atoms with Gasteiger partial charge in [0, 0.05) is 4.88 Å². The molecule has 0 spiro atoms. The van der Waals surface area contributed by atoms with Gasteiger partial charge in [-0.2, -0.15) is 13.2 Å². The zero-order chi connectivity index (χ0) is 14.2. The Labute approximate surface area is 121 Å². The third-order valence-corrected chi connectivity index (χ3v) is 4.54. The van der Waals surface area contributed by atoms with E-state index in [2.05, 4.69) is 15.9 Å². The van der Waals surface area contributed by atoms with E-state index in [1.165, 1.54) is 17.4 Å². The van der Waals surface area contributed by atoms with Crippen LogP contribution in [0.1, 0.15) is 27.6 Å². The Morgan fingerprint density at radius 3 is 2.37 bits per heavy atom. The Hall–Kier alpha value is -0.850. The normalized spacial score (nSPS) is 13.6. The molecule has 0 bridgehead atoms. The van der Waals surface area contributed by atoms with Crippen LogP contribution in [0.2, 0.25) is 0 Å². The molecule has 0 aliphatic carbocycles. The van der Waals surface area contributed by atoms with Crippen LogP contribution >= 0.6 is 27.3 Å². The number of aryl methyl sites for hydroxylation is 1. The molecule has 0 radical (unpaired) electrons. The molecule has 0 fully saturated rings. The summed E-state index contributed by atoms with van der Waals surface area (Å²) in [4.78, 5) is 0.912. The Balaban J connectivity index is 2.36. The van der Waals surface area contributed by atoms with E-state index in [1.807, 2.05) is 12.1 Å². The molecule has 2 rings (SSSR count). The van der Waals surface area contributed by atoms with Gasteiger partial charge in [0.2, 0.25) is 0 Å². The molecule has 1 aromatic heterocycles. The summed E-state index contributed by atoms with van der Waals surface area (Å²) < 4.78 is 38.7. The van der Waals surface area contributed by atoms with Crippen LogP contribution in [-0.4, -0.2) is 0 Å². The molecule has 1 nitrogen and oxygen atoms in total. The van der Waals surface area contributed by atoms with E-state index in [9.17, 15) is 13.2 Å². The molecule has 0 aliphatic heterocycles. The number of hydrogen-bond donors (Lipinski definition) is 1. The molecular formula is C13H11BrF3NS. The predicted octanol–water partition coefficient (Wildman–Crippen LogP) is 4.89. The molecular weight excluding hydrogens is 339 g/mol. The molecule has 1 heterocycles. The van der Waals surface area contributed by atoms with E-state index >= 15 is 0 Å². The highest BCUT2D eigenvalue weighted by atomic mass is 79.9. The lowest BCUT2D eigenvalue weighted by atomic mass is 9.98. The van der Waals surface area contributed by atoms with Crippen LogP contribution in [0.5, 0.6) is 0 Å². The second-order valence-corrected chi connectivity index (χ2v) is 6.68. The number of nitrogens with two attached hydrogens (primary N) is 1. The van der Waals surface area contributed by atoms with E-state index in [0.29, 0.717) is 11.1 Å². The average molecular weight is 350 g/mol. The van der Waals surface area contributed by atoms with Crippen molar-refractivity contribution in [3.05, 3.63) is 55.7 Å². The largest absolute Gasteiger partial charge is 0.416 e. The molecule has 0 amide bonds. The lowest BCUT2D eigenvalue weighted by Crippen LogP contribution is -2.13. The summed E-state index contributed by atoms with van der Waals surface area (Å²) in [5.41, 5.74) is 6.71. The smallest absolute Gasteiger partial charge is 0.320 e. The second kappa shape index (κ2) is 5.26. The molecule has 1 atom stereocenters. The molecule has 1 unspecified atom stereocenters. The minimum absolute atomic E-state index is 0.404. The van der Waals surface area contributed by atoms with Crippen LogP contribution < -0.4 is 5.73 Å². The molecule has 2 aromatic rings. The standard InChI is InChI=1S/C13H11BrF3NS/c1-7-6-8(13(15,16)17)2-3-9(7)12(18)10-4-5-11(14)19-10/h2-6,12H,18H2,1H3. The van der Waals surface area contributed by atoms with E-state index < -0.39 is 17.8 Å². The van der Waals surface area contributed by atoms with Crippen molar-refractivity contribution in [2.45, 2.75) is 19.1 Å². The maximum atomic E-state index is 12.6. The van der Waals surface area contributed by atoms with Crippen molar-refractivity contribution in [3.63, 3.8) is 0 Å². The summed E-state index contributed by atoms with van der Waals surface area (Å²) in [5.74, 6) is 0. The maximum absolute atomic E-state index is 12.6. The number of alkyl halides is 3. The SMILES string of the molecule is Cc1cc(C(F)(F)F)ccc1C(N)c1ccc(Br)s1. The molecule has 1 aromatic carbocycles. The second-order valence-electron chi connectivity index (χ2n) is 4.19. The molecule has 0 saturated heterocycles. The van der Waals surface area contributed by atoms with Gasteiger partial charge in [-0.1, -0.05) is 6.07 Å². The number of thiophene rings is 1. The zero-order valence-electron chi connectivity index (χ0n) is 9.96. The van der Waals surface area contributed by atoms with E-state index in [1.54, 1.807) is 6.92 Å². The van der Waals surface area contributed by atoms with Crippen LogP contribution in [0.15, 0.2) is 34.1 Å². The van der Waals surface area contributed by atoms with Crippen LogP contribution in [0.3, 0.4) is 0 Å². The maximum Gasteiger partial charge on any atom is 0.416 e. The molecule has 19 heavy (non-hydrogen) atoms. The van der Waals surface area contributed by atoms with Crippen LogP contribution in [-0.2, 0) is 6.18 Å². The number of halogens is 4. The highest BCUT2D eigenvalue weighted by Gasteiger charge is 2.31. The summed E-state index contributed by atoms with van der Waals surface area (Å²) in [6.07, 6.45) is -4.32. The highest BCUT2D eigenvalue weighted by molar-refractivity contribution is 9.11. The Kier molecular flexibility index (Phi) is 4.03. The molecule has 6 heteroatoms. The zero-order valence-corrected chi connectivity index (χ0v) is 12.4. The first-order valence-electron chi connectivity index (χ1n) is 5.47. The third kappa shape index (κ3) is 3.19. The van der Waals surface area contributed by atoms with Gasteiger partial charge in [-0.3, -0.25) is 0 Å². The Morgan fingerprint density at radius 2 is 1.89 bits per heavy atom. The fourth-order valence-corrected chi connectivity index (χ4v) is 3.29. The molecule has 2 N–H and O–H groups in total. The first-order valence-corrected chi connectivity index (χ1v) is 7.08. The molecule has 0 aliphatic rings. The van der Waals surface area contributed by atoms with Crippen LogP contribution in [0.4, 0.5) is 13.2 Å². The van der Waals surface area contributed by atoms with Gasteiger partial charge in [0.25, 0.3) is 0 Å². The van der Waals surface area contributed by atoms with Gasteiger partial charge in [-0.25, -0.2) is 0 Å². The van der Waals surface area contributed by atoms with E-state index in [0.717, 1.165) is 20.8 Å². The minimum atomic E-state index is -4.32. The predicted molar refractivity (Wildman–Crippen MR) is 74.2 cm³/mol. The van der Waals surface area contributed by atoms with Gasteiger partial charge in [0.15, 0.2) is 0 Å². The summed E-state index contributed by atoms with van der Waals surface area (Å²) in [6.45, 7) is 1.65. The summed E-state index contributed by atoms with van der Waals surface area (Å²) >= 11 is 4.82. The lowest BCUT2D eigenvalue weighted by molar-refractivity contribution is -0.137. The fourth-order valence-electron chi connectivity index (χ4n) is 1.85. The molecule has 102 valence electrons. The van der Waals surface area contributed by atoms with Gasteiger partial charge in [0.05, 0.1) is 15.4 Å². The lowest BCUT2D eigenvalue weighted by Gasteiger charge is -2.15. The van der Waals surface area contributed by atoms with Gasteiger partial charge in [-0.05, 0) is 58.2 Å². The summed E-state index contributed by atoms with van der Waals surface area (Å²) in [6, 6.07) is 7.01. The van der Waals surface area contributed by atoms with E-state index in [4.69, 9.17) is 5.73 Å². The summed E-state index contributed by atoms with van der Waals surface area (Å²) in [5, 5.41) is 0. The topological polar surface area (TPSA) is 26.0 Å².